The summed E-state index contributed by atoms with van der Waals surface area (Å²) in [4.78, 5) is 0. The second-order valence-corrected chi connectivity index (χ2v) is 18.6. The topological polar surface area (TPSA) is 0 Å². The van der Waals surface area contributed by atoms with Gasteiger partial charge in [0.2, 0.25) is 0 Å². The van der Waals surface area contributed by atoms with Gasteiger partial charge in [0.05, 0.1) is 37.1 Å². The Morgan fingerprint density at radius 3 is 1.03 bits per heavy atom. The molecule has 288 valence electrons. The van der Waals surface area contributed by atoms with Gasteiger partial charge in [-0.05, 0) is 70.8 Å². The second kappa shape index (κ2) is 23.0. The molecule has 9 aromatic carbocycles. The third kappa shape index (κ3) is 11.2. The first-order chi connectivity index (χ1) is 27.7. The first-order valence-corrected chi connectivity index (χ1v) is 22.3. The molecule has 58 heavy (non-hydrogen) atoms. The van der Waals surface area contributed by atoms with Crippen LogP contribution in [0.15, 0.2) is 218 Å². The molecular weight excluding hydrogens is 926 g/mol. The van der Waals surface area contributed by atoms with E-state index in [1.54, 1.807) is 0 Å². The molecule has 0 spiro atoms. The Bertz CT molecular complexity index is 2500. The van der Waals surface area contributed by atoms with Crippen LogP contribution >= 0.6 is 15.8 Å². The van der Waals surface area contributed by atoms with E-state index in [9.17, 15) is 0 Å². The largest absolute Gasteiger partial charge is 1.00 e. The summed E-state index contributed by atoms with van der Waals surface area (Å²) in [5.74, 6) is 4.98. The smallest absolute Gasteiger partial charge is 0.366 e. The molecule has 0 heterocycles. The van der Waals surface area contributed by atoms with Crippen LogP contribution in [0.4, 0.5) is 0 Å². The zero-order valence-corrected chi connectivity index (χ0v) is 36.8. The van der Waals surface area contributed by atoms with E-state index in [1.165, 1.54) is 33.5 Å². The van der Waals surface area contributed by atoms with Crippen molar-refractivity contribution in [1.82, 2.24) is 0 Å². The van der Waals surface area contributed by atoms with Crippen molar-refractivity contribution in [2.45, 2.75) is 0 Å². The molecule has 0 fully saturated rings. The summed E-state index contributed by atoms with van der Waals surface area (Å²) in [5.41, 5.74) is 1.74. The molecule has 0 aliphatic heterocycles. The molecule has 0 aliphatic rings. The zero-order valence-electron chi connectivity index (χ0n) is 31.8. The Morgan fingerprint density at radius 2 is 0.655 bits per heavy atom. The van der Waals surface area contributed by atoms with Crippen LogP contribution < -0.4 is 21.2 Å². The van der Waals surface area contributed by atoms with Gasteiger partial charge in [0.25, 0.3) is 0 Å². The van der Waals surface area contributed by atoms with Crippen LogP contribution in [-0.2, 0) is 44.8 Å². The van der Waals surface area contributed by atoms with Crippen LogP contribution in [0.1, 0.15) is 11.1 Å². The quantitative estimate of drug-likeness (QED) is 0.0491. The standard InChI is InChI=1S/C26H24P2.C16H9.C12H7.2Ag/c1-5-13-23(14-6-1)27(24-15-7-2-8-16-24)21-22-28(25-17-9-3-10-18-25)26-19-11-4-12-20-26;1-2-14-15-9-5-3-7-12(15)11-13-8-4-6-10-16(13)14;1-2-10-7-5-8-11-6-3-4-9-12(10)11;;/h1-20H,21-22H2;3-11H;3-9H;;/q;2*-1;2*+1/p+2. The minimum atomic E-state index is -0.783. The third-order valence-electron chi connectivity index (χ3n) is 9.93. The van der Waals surface area contributed by atoms with Crippen LogP contribution in [0.25, 0.3) is 32.3 Å². The van der Waals surface area contributed by atoms with Crippen molar-refractivity contribution in [2.24, 2.45) is 0 Å². The molecule has 9 rings (SSSR count). The minimum Gasteiger partial charge on any atom is -0.366 e. The van der Waals surface area contributed by atoms with Crippen molar-refractivity contribution in [3.8, 4) is 11.8 Å². The predicted molar refractivity (Wildman–Crippen MR) is 249 cm³/mol. The molecule has 0 saturated heterocycles. The Hall–Kier alpha value is -4.78. The first-order valence-electron chi connectivity index (χ1n) is 18.9. The molecule has 0 aromatic heterocycles. The van der Waals surface area contributed by atoms with E-state index in [4.69, 9.17) is 12.8 Å². The monoisotopic (exact) mass is 966 g/mol. The maximum Gasteiger partial charge on any atom is 1.00 e. The van der Waals surface area contributed by atoms with Crippen molar-refractivity contribution in [2.75, 3.05) is 12.3 Å². The number of rotatable bonds is 7. The van der Waals surface area contributed by atoms with E-state index in [1.807, 2.05) is 78.9 Å². The molecule has 0 bridgehead atoms. The van der Waals surface area contributed by atoms with Crippen molar-refractivity contribution >= 4 is 69.4 Å². The predicted octanol–water partition coefficient (Wildman–Crippen LogP) is 11.4. The summed E-state index contributed by atoms with van der Waals surface area (Å²) in [6.45, 7) is 0. The molecule has 4 heteroatoms. The van der Waals surface area contributed by atoms with Gasteiger partial charge in [0.1, 0.15) is 12.3 Å². The fraction of sp³-hybridized carbons (Fsp3) is 0.0370. The maximum absolute atomic E-state index is 7.46. The first kappa shape index (κ1) is 44.3. The van der Waals surface area contributed by atoms with Crippen molar-refractivity contribution in [1.29, 1.82) is 0 Å². The van der Waals surface area contributed by atoms with Crippen LogP contribution in [0.3, 0.4) is 0 Å². The molecule has 0 atom stereocenters. The summed E-state index contributed by atoms with van der Waals surface area (Å²) in [6.07, 6.45) is 17.1. The fourth-order valence-electron chi connectivity index (χ4n) is 7.20. The van der Waals surface area contributed by atoms with E-state index < -0.39 is 15.8 Å². The zero-order chi connectivity index (χ0) is 38.4. The molecule has 0 saturated carbocycles. The summed E-state index contributed by atoms with van der Waals surface area (Å²) < 4.78 is 0. The molecular formula is C54H42Ag2P2+2. The van der Waals surface area contributed by atoms with E-state index in [0.717, 1.165) is 43.4 Å². The van der Waals surface area contributed by atoms with Crippen molar-refractivity contribution in [3.63, 3.8) is 0 Å². The van der Waals surface area contributed by atoms with Gasteiger partial charge in [-0.1, -0.05) is 174 Å². The van der Waals surface area contributed by atoms with Crippen LogP contribution in [0.2, 0.25) is 0 Å². The third-order valence-corrected chi connectivity index (χ3v) is 16.1. The molecule has 0 N–H and O–H groups in total. The van der Waals surface area contributed by atoms with E-state index >= 15 is 0 Å². The molecule has 0 amide bonds. The van der Waals surface area contributed by atoms with Crippen LogP contribution in [0, 0.1) is 24.7 Å². The summed E-state index contributed by atoms with van der Waals surface area (Å²) in [5, 5.41) is 12.8. The summed E-state index contributed by atoms with van der Waals surface area (Å²) in [7, 11) is -1.57. The number of fused-ring (bicyclic) bond motifs is 3. The average molecular weight is 969 g/mol. The minimum absolute atomic E-state index is 0. The number of hydrogen-bond acceptors (Lipinski definition) is 0. The van der Waals surface area contributed by atoms with Crippen LogP contribution in [0.5, 0.6) is 0 Å². The van der Waals surface area contributed by atoms with E-state index in [0.29, 0.717) is 0 Å². The van der Waals surface area contributed by atoms with E-state index in [-0.39, 0.29) is 44.8 Å². The van der Waals surface area contributed by atoms with Crippen molar-refractivity contribution in [3.05, 3.63) is 242 Å². The molecule has 0 unspecified atom stereocenters. The molecule has 9 aromatic rings. The molecule has 0 radical (unpaired) electrons. The molecule has 0 nitrogen and oxygen atoms in total. The Morgan fingerprint density at radius 1 is 0.328 bits per heavy atom. The van der Waals surface area contributed by atoms with Gasteiger partial charge < -0.3 is 12.8 Å². The van der Waals surface area contributed by atoms with Gasteiger partial charge in [-0.2, -0.15) is 0 Å². The van der Waals surface area contributed by atoms with Gasteiger partial charge in [0, 0.05) is 0 Å². The number of hydrogen-bond donors (Lipinski definition) is 0. The fourth-order valence-corrected chi connectivity index (χ4v) is 13.4. The van der Waals surface area contributed by atoms with Gasteiger partial charge in [-0.3, -0.25) is 11.8 Å². The Balaban J connectivity index is 0.000000180. The van der Waals surface area contributed by atoms with Gasteiger partial charge in [0.15, 0.2) is 0 Å². The van der Waals surface area contributed by atoms with E-state index in [2.05, 4.69) is 151 Å². The van der Waals surface area contributed by atoms with Crippen LogP contribution in [-0.4, -0.2) is 12.3 Å². The van der Waals surface area contributed by atoms with Gasteiger partial charge in [-0.15, -0.1) is 17.2 Å². The Kier molecular flexibility index (Phi) is 17.6. The average Bonchev–Trinajstić information content (AvgIpc) is 3.28. The summed E-state index contributed by atoms with van der Waals surface area (Å²) >= 11 is 0. The normalized spacial score (nSPS) is 10.2. The SMILES string of the molecule is [Ag+].[Ag+].[C-]#Cc1c2ccccc2cc2ccccc12.[C-]#Cc1cccc2ccccc12.c1ccc([PH+](CC[PH+](c2ccccc2)c2ccccc2)c2ccccc2)cc1. The Labute approximate surface area is 377 Å². The van der Waals surface area contributed by atoms with Gasteiger partial charge >= 0.3 is 44.8 Å². The number of benzene rings is 9. The van der Waals surface area contributed by atoms with Crippen molar-refractivity contribution < 1.29 is 44.8 Å². The maximum atomic E-state index is 7.46. The van der Waals surface area contributed by atoms with Gasteiger partial charge in [-0.25, -0.2) is 0 Å². The second-order valence-electron chi connectivity index (χ2n) is 13.4. The molecule has 0 aliphatic carbocycles. The summed E-state index contributed by atoms with van der Waals surface area (Å²) in [6, 6.07) is 76.8.